The third-order valence-electron chi connectivity index (χ3n) is 3.41. The number of fused-ring (bicyclic) bond motifs is 1. The number of carbonyl (C=O) groups excluding carboxylic acids is 1. The van der Waals surface area contributed by atoms with Gasteiger partial charge >= 0.3 is 0 Å². The number of hydrogen-bond acceptors (Lipinski definition) is 5. The topological polar surface area (TPSA) is 80.7 Å². The first-order valence-electron chi connectivity index (χ1n) is 6.81. The van der Waals surface area contributed by atoms with Crippen LogP contribution in [0.1, 0.15) is 12.7 Å². The Morgan fingerprint density at radius 3 is 3.00 bits per heavy atom. The number of hydrogen-bond donors (Lipinski definition) is 2. The number of nitrogens with zero attached hydrogens (tertiary/aromatic N) is 1. The van der Waals surface area contributed by atoms with E-state index in [1.807, 2.05) is 25.1 Å². The van der Waals surface area contributed by atoms with Crippen molar-refractivity contribution in [2.45, 2.75) is 13.5 Å². The number of anilines is 3. The fraction of sp³-hybridized carbons (Fsp3) is 0.267. The second-order valence-electron chi connectivity index (χ2n) is 4.84. The van der Waals surface area contributed by atoms with Crippen LogP contribution in [0.4, 0.5) is 17.1 Å². The summed E-state index contributed by atoms with van der Waals surface area (Å²) in [7, 11) is 0. The van der Waals surface area contributed by atoms with E-state index in [-0.39, 0.29) is 12.5 Å². The second kappa shape index (κ2) is 5.40. The molecule has 0 unspecified atom stereocenters. The van der Waals surface area contributed by atoms with E-state index < -0.39 is 0 Å². The lowest BCUT2D eigenvalue weighted by Gasteiger charge is -2.26. The van der Waals surface area contributed by atoms with Gasteiger partial charge in [0, 0.05) is 12.6 Å². The van der Waals surface area contributed by atoms with E-state index in [4.69, 9.17) is 14.9 Å². The van der Waals surface area contributed by atoms with E-state index in [0.29, 0.717) is 23.7 Å². The van der Waals surface area contributed by atoms with Gasteiger partial charge in [0.25, 0.3) is 5.91 Å². The SMILES string of the molecule is CCN(Cc1ccco1)c1cc2c(cc1N)OCC(=O)N2. The molecule has 0 atom stereocenters. The smallest absolute Gasteiger partial charge is 0.262 e. The number of benzene rings is 1. The zero-order chi connectivity index (χ0) is 14.8. The summed E-state index contributed by atoms with van der Waals surface area (Å²) >= 11 is 0. The van der Waals surface area contributed by atoms with Gasteiger partial charge in [0.1, 0.15) is 11.5 Å². The van der Waals surface area contributed by atoms with E-state index in [2.05, 4.69) is 10.2 Å². The number of nitrogens with one attached hydrogen (secondary N) is 1. The lowest BCUT2D eigenvalue weighted by Crippen LogP contribution is -2.27. The van der Waals surface area contributed by atoms with Crippen LogP contribution in [0.5, 0.6) is 5.75 Å². The van der Waals surface area contributed by atoms with Gasteiger partial charge in [-0.25, -0.2) is 0 Å². The molecule has 1 amide bonds. The van der Waals surface area contributed by atoms with Crippen molar-refractivity contribution in [1.29, 1.82) is 0 Å². The molecule has 21 heavy (non-hydrogen) atoms. The highest BCUT2D eigenvalue weighted by Gasteiger charge is 2.20. The maximum Gasteiger partial charge on any atom is 0.262 e. The summed E-state index contributed by atoms with van der Waals surface area (Å²) in [4.78, 5) is 13.5. The fourth-order valence-corrected chi connectivity index (χ4v) is 2.36. The molecule has 1 aliphatic heterocycles. The average Bonchev–Trinajstić information content (AvgIpc) is 2.98. The minimum Gasteiger partial charge on any atom is -0.482 e. The molecule has 2 aromatic rings. The Balaban J connectivity index is 1.92. The van der Waals surface area contributed by atoms with Crippen LogP contribution in [0.3, 0.4) is 0 Å². The maximum atomic E-state index is 11.4. The molecular weight excluding hydrogens is 270 g/mol. The lowest BCUT2D eigenvalue weighted by molar-refractivity contribution is -0.118. The van der Waals surface area contributed by atoms with Crippen LogP contribution < -0.4 is 20.7 Å². The zero-order valence-corrected chi connectivity index (χ0v) is 11.8. The molecule has 0 bridgehead atoms. The minimum absolute atomic E-state index is 0.0235. The third-order valence-corrected chi connectivity index (χ3v) is 3.41. The van der Waals surface area contributed by atoms with E-state index in [1.54, 1.807) is 12.3 Å². The van der Waals surface area contributed by atoms with Crippen LogP contribution in [0.2, 0.25) is 0 Å². The standard InChI is InChI=1S/C15H17N3O3/c1-2-18(8-10-4-3-5-20-10)13-7-12-14(6-11(13)16)21-9-15(19)17-12/h3-7H,2,8-9,16H2,1H3,(H,17,19). The normalized spacial score (nSPS) is 13.3. The molecule has 3 rings (SSSR count). The highest BCUT2D eigenvalue weighted by atomic mass is 16.5. The quantitative estimate of drug-likeness (QED) is 0.843. The largest absolute Gasteiger partial charge is 0.482 e. The highest BCUT2D eigenvalue weighted by molar-refractivity contribution is 5.97. The van der Waals surface area contributed by atoms with Gasteiger partial charge in [-0.15, -0.1) is 0 Å². The van der Waals surface area contributed by atoms with Crippen LogP contribution in [0.15, 0.2) is 34.9 Å². The summed E-state index contributed by atoms with van der Waals surface area (Å²) in [6, 6.07) is 7.36. The van der Waals surface area contributed by atoms with Gasteiger partial charge < -0.3 is 25.1 Å². The molecule has 2 heterocycles. The molecule has 6 nitrogen and oxygen atoms in total. The molecule has 0 fully saturated rings. The van der Waals surface area contributed by atoms with E-state index >= 15 is 0 Å². The Kier molecular flexibility index (Phi) is 3.43. The Bertz CT molecular complexity index is 652. The van der Waals surface area contributed by atoms with Crippen molar-refractivity contribution < 1.29 is 13.9 Å². The molecule has 0 saturated heterocycles. The number of nitrogen functional groups attached to an aromatic ring is 1. The van der Waals surface area contributed by atoms with Crippen molar-refractivity contribution in [2.75, 3.05) is 29.1 Å². The van der Waals surface area contributed by atoms with Crippen molar-refractivity contribution in [3.63, 3.8) is 0 Å². The summed E-state index contributed by atoms with van der Waals surface area (Å²) in [6.07, 6.45) is 1.65. The van der Waals surface area contributed by atoms with Gasteiger partial charge in [-0.05, 0) is 25.1 Å². The van der Waals surface area contributed by atoms with Crippen molar-refractivity contribution >= 4 is 23.0 Å². The Morgan fingerprint density at radius 1 is 1.43 bits per heavy atom. The summed E-state index contributed by atoms with van der Waals surface area (Å²) in [5.41, 5.74) is 8.22. The maximum absolute atomic E-state index is 11.4. The summed E-state index contributed by atoms with van der Waals surface area (Å²) < 4.78 is 10.7. The Morgan fingerprint density at radius 2 is 2.29 bits per heavy atom. The van der Waals surface area contributed by atoms with Gasteiger partial charge in [0.15, 0.2) is 6.61 Å². The van der Waals surface area contributed by atoms with Crippen molar-refractivity contribution in [3.05, 3.63) is 36.3 Å². The Labute approximate surface area is 122 Å². The van der Waals surface area contributed by atoms with E-state index in [0.717, 1.165) is 18.0 Å². The van der Waals surface area contributed by atoms with Crippen LogP contribution >= 0.6 is 0 Å². The highest BCUT2D eigenvalue weighted by Crippen LogP contribution is 2.37. The number of nitrogens with two attached hydrogens (primary N) is 1. The summed E-state index contributed by atoms with van der Waals surface area (Å²) in [5.74, 6) is 1.30. The molecule has 1 aromatic carbocycles. The molecule has 0 radical (unpaired) electrons. The fourth-order valence-electron chi connectivity index (χ4n) is 2.36. The molecule has 0 spiro atoms. The van der Waals surface area contributed by atoms with Crippen LogP contribution in [-0.2, 0) is 11.3 Å². The second-order valence-corrected chi connectivity index (χ2v) is 4.84. The van der Waals surface area contributed by atoms with Gasteiger partial charge in [0.2, 0.25) is 0 Å². The minimum atomic E-state index is -0.160. The molecule has 0 saturated carbocycles. The number of furan rings is 1. The van der Waals surface area contributed by atoms with Crippen molar-refractivity contribution in [2.24, 2.45) is 0 Å². The first-order chi connectivity index (χ1) is 10.2. The summed E-state index contributed by atoms with van der Waals surface area (Å²) in [6.45, 7) is 3.44. The summed E-state index contributed by atoms with van der Waals surface area (Å²) in [5, 5.41) is 2.80. The van der Waals surface area contributed by atoms with Crippen molar-refractivity contribution in [3.8, 4) is 5.75 Å². The van der Waals surface area contributed by atoms with E-state index in [1.165, 1.54) is 0 Å². The Hall–Kier alpha value is -2.63. The molecule has 1 aliphatic rings. The molecular formula is C15H17N3O3. The number of ether oxygens (including phenoxy) is 1. The molecule has 6 heteroatoms. The number of carbonyl (C=O) groups is 1. The lowest BCUT2D eigenvalue weighted by atomic mass is 10.1. The van der Waals surface area contributed by atoms with Crippen molar-refractivity contribution in [1.82, 2.24) is 0 Å². The molecule has 110 valence electrons. The van der Waals surface area contributed by atoms with E-state index in [9.17, 15) is 4.79 Å². The number of amides is 1. The van der Waals surface area contributed by atoms with Crippen LogP contribution in [0.25, 0.3) is 0 Å². The molecule has 0 aliphatic carbocycles. The zero-order valence-electron chi connectivity index (χ0n) is 11.8. The molecule has 3 N–H and O–H groups in total. The van der Waals surface area contributed by atoms with Gasteiger partial charge in [0.05, 0.1) is 29.9 Å². The average molecular weight is 287 g/mol. The number of rotatable bonds is 4. The van der Waals surface area contributed by atoms with Crippen LogP contribution in [-0.4, -0.2) is 19.1 Å². The van der Waals surface area contributed by atoms with Gasteiger partial charge in [-0.2, -0.15) is 0 Å². The van der Waals surface area contributed by atoms with Crippen LogP contribution in [0, 0.1) is 0 Å². The first-order valence-corrected chi connectivity index (χ1v) is 6.81. The first kappa shape index (κ1) is 13.4. The van der Waals surface area contributed by atoms with Gasteiger partial charge in [-0.1, -0.05) is 0 Å². The van der Waals surface area contributed by atoms with Gasteiger partial charge in [-0.3, -0.25) is 4.79 Å². The predicted octanol–water partition coefficient (Wildman–Crippen LogP) is 2.22. The monoisotopic (exact) mass is 287 g/mol. The molecule has 1 aromatic heterocycles. The predicted molar refractivity (Wildman–Crippen MR) is 80.4 cm³/mol. The third kappa shape index (κ3) is 2.65.